The number of sulfonamides is 1. The molecule has 9 heteroatoms. The lowest BCUT2D eigenvalue weighted by Gasteiger charge is -2.31. The summed E-state index contributed by atoms with van der Waals surface area (Å²) in [6.45, 7) is 6.58. The van der Waals surface area contributed by atoms with Crippen LogP contribution < -0.4 is 5.32 Å². The molecule has 1 heterocycles. The average molecular weight is 475 g/mol. The van der Waals surface area contributed by atoms with Crippen LogP contribution in [0.1, 0.15) is 44.0 Å². The molecule has 28 heavy (non-hydrogen) atoms. The third-order valence-electron chi connectivity index (χ3n) is 5.18. The molecule has 0 aliphatic carbocycles. The van der Waals surface area contributed by atoms with Gasteiger partial charge in [-0.15, -0.1) is 0 Å². The molecular weight excluding hydrogens is 448 g/mol. The molecule has 1 saturated heterocycles. The van der Waals surface area contributed by atoms with Gasteiger partial charge in [-0.05, 0) is 59.8 Å². The zero-order valence-electron chi connectivity index (χ0n) is 16.6. The lowest BCUT2D eigenvalue weighted by molar-refractivity contribution is -0.127. The molecule has 1 amide bonds. The van der Waals surface area contributed by atoms with E-state index in [0.717, 1.165) is 0 Å². The number of piperidine rings is 1. The molecular formula is C19H27BrN2O5S. The topological polar surface area (TPSA) is 92.8 Å². The van der Waals surface area contributed by atoms with Gasteiger partial charge >= 0.3 is 5.97 Å². The van der Waals surface area contributed by atoms with Gasteiger partial charge in [0, 0.05) is 29.5 Å². The smallest absolute Gasteiger partial charge is 0.339 e. The SMILES string of the molecule is COC(=O)c1cc(S(=O)(=O)N2CCC(C(=O)NC(C)C(C)C)CC2)ccc1Br. The molecule has 7 nitrogen and oxygen atoms in total. The van der Waals surface area contributed by atoms with Crippen LogP contribution in [-0.2, 0) is 19.6 Å². The van der Waals surface area contributed by atoms with Crippen LogP contribution in [0.25, 0.3) is 0 Å². The molecule has 0 spiro atoms. The number of esters is 1. The largest absolute Gasteiger partial charge is 0.465 e. The van der Waals surface area contributed by atoms with Crippen molar-refractivity contribution >= 4 is 37.8 Å². The molecule has 1 N–H and O–H groups in total. The number of hydrogen-bond donors (Lipinski definition) is 1. The maximum atomic E-state index is 13.0. The molecule has 0 bridgehead atoms. The average Bonchev–Trinajstić information content (AvgIpc) is 2.67. The maximum absolute atomic E-state index is 13.0. The second-order valence-electron chi connectivity index (χ2n) is 7.35. The summed E-state index contributed by atoms with van der Waals surface area (Å²) in [4.78, 5) is 24.3. The first-order valence-corrected chi connectivity index (χ1v) is 11.5. The molecule has 0 saturated carbocycles. The Morgan fingerprint density at radius 2 is 1.82 bits per heavy atom. The zero-order valence-corrected chi connectivity index (χ0v) is 19.0. The van der Waals surface area contributed by atoms with Gasteiger partial charge in [0.2, 0.25) is 15.9 Å². The lowest BCUT2D eigenvalue weighted by Crippen LogP contribution is -2.45. The first-order valence-electron chi connectivity index (χ1n) is 9.26. The second-order valence-corrected chi connectivity index (χ2v) is 10.1. The highest BCUT2D eigenvalue weighted by Crippen LogP contribution is 2.27. The van der Waals surface area contributed by atoms with Gasteiger partial charge in [0.25, 0.3) is 0 Å². The van der Waals surface area contributed by atoms with Crippen LogP contribution in [0.5, 0.6) is 0 Å². The molecule has 1 aromatic carbocycles. The van der Waals surface area contributed by atoms with Crippen molar-refractivity contribution in [1.29, 1.82) is 0 Å². The van der Waals surface area contributed by atoms with E-state index in [2.05, 4.69) is 21.2 Å². The third-order valence-corrected chi connectivity index (χ3v) is 7.76. The number of halogens is 1. The van der Waals surface area contributed by atoms with Gasteiger partial charge in [0.05, 0.1) is 17.6 Å². The second kappa shape index (κ2) is 9.37. The summed E-state index contributed by atoms with van der Waals surface area (Å²) in [5.74, 6) is -0.484. The minimum absolute atomic E-state index is 0.0186. The first kappa shape index (κ1) is 22.8. The molecule has 156 valence electrons. The van der Waals surface area contributed by atoms with Gasteiger partial charge < -0.3 is 10.1 Å². The van der Waals surface area contributed by atoms with E-state index >= 15 is 0 Å². The molecule has 1 fully saturated rings. The molecule has 1 aliphatic heterocycles. The fraction of sp³-hybridized carbons (Fsp3) is 0.579. The number of carbonyl (C=O) groups is 2. The van der Waals surface area contributed by atoms with Gasteiger partial charge in [-0.2, -0.15) is 4.31 Å². The van der Waals surface area contributed by atoms with E-state index in [4.69, 9.17) is 4.74 Å². The van der Waals surface area contributed by atoms with Crippen molar-refractivity contribution in [2.75, 3.05) is 20.2 Å². The summed E-state index contributed by atoms with van der Waals surface area (Å²) >= 11 is 3.23. The van der Waals surface area contributed by atoms with Crippen LogP contribution >= 0.6 is 15.9 Å². The van der Waals surface area contributed by atoms with E-state index in [-0.39, 0.29) is 41.4 Å². The highest BCUT2D eigenvalue weighted by Gasteiger charge is 2.33. The van der Waals surface area contributed by atoms with E-state index in [0.29, 0.717) is 23.2 Å². The third kappa shape index (κ3) is 5.12. The van der Waals surface area contributed by atoms with Crippen molar-refractivity contribution in [3.63, 3.8) is 0 Å². The summed E-state index contributed by atoms with van der Waals surface area (Å²) in [6, 6.07) is 4.37. The predicted molar refractivity (Wildman–Crippen MR) is 109 cm³/mol. The van der Waals surface area contributed by atoms with E-state index in [9.17, 15) is 18.0 Å². The normalized spacial score (nSPS) is 17.4. The van der Waals surface area contributed by atoms with E-state index in [1.807, 2.05) is 20.8 Å². The van der Waals surface area contributed by atoms with Crippen LogP contribution in [-0.4, -0.2) is 50.8 Å². The quantitative estimate of drug-likeness (QED) is 0.639. The number of ether oxygens (including phenoxy) is 1. The fourth-order valence-electron chi connectivity index (χ4n) is 2.95. The summed E-state index contributed by atoms with van der Waals surface area (Å²) < 4.78 is 32.5. The summed E-state index contributed by atoms with van der Waals surface area (Å²) in [5, 5.41) is 3.00. The number of nitrogens with zero attached hydrogens (tertiary/aromatic N) is 1. The van der Waals surface area contributed by atoms with Crippen molar-refractivity contribution < 1.29 is 22.7 Å². The van der Waals surface area contributed by atoms with Gasteiger partial charge in [0.15, 0.2) is 0 Å². The highest BCUT2D eigenvalue weighted by molar-refractivity contribution is 9.10. The number of carbonyl (C=O) groups excluding carboxylic acids is 2. The van der Waals surface area contributed by atoms with E-state index < -0.39 is 16.0 Å². The fourth-order valence-corrected chi connectivity index (χ4v) is 4.85. The van der Waals surface area contributed by atoms with Gasteiger partial charge in [-0.3, -0.25) is 4.79 Å². The van der Waals surface area contributed by atoms with Crippen LogP contribution in [0.15, 0.2) is 27.6 Å². The maximum Gasteiger partial charge on any atom is 0.339 e. The van der Waals surface area contributed by atoms with Crippen molar-refractivity contribution in [1.82, 2.24) is 9.62 Å². The number of nitrogens with one attached hydrogen (secondary N) is 1. The Bertz CT molecular complexity index is 833. The Morgan fingerprint density at radius 3 is 2.36 bits per heavy atom. The van der Waals surface area contributed by atoms with Gasteiger partial charge in [-0.1, -0.05) is 13.8 Å². The highest BCUT2D eigenvalue weighted by atomic mass is 79.9. The predicted octanol–water partition coefficient (Wildman–Crippen LogP) is 2.80. The van der Waals surface area contributed by atoms with Crippen LogP contribution in [0, 0.1) is 11.8 Å². The summed E-state index contributed by atoms with van der Waals surface area (Å²) in [5.41, 5.74) is 0.153. The molecule has 0 aromatic heterocycles. The summed E-state index contributed by atoms with van der Waals surface area (Å²) in [6.07, 6.45) is 0.937. The van der Waals surface area contributed by atoms with Crippen molar-refractivity contribution in [3.8, 4) is 0 Å². The Kier molecular flexibility index (Phi) is 7.64. The Hall–Kier alpha value is -1.45. The minimum atomic E-state index is -3.76. The minimum Gasteiger partial charge on any atom is -0.465 e. The monoisotopic (exact) mass is 474 g/mol. The number of hydrogen-bond acceptors (Lipinski definition) is 5. The number of rotatable bonds is 6. The van der Waals surface area contributed by atoms with Crippen molar-refractivity contribution in [2.45, 2.75) is 44.6 Å². The van der Waals surface area contributed by atoms with Crippen LogP contribution in [0.4, 0.5) is 0 Å². The number of benzene rings is 1. The number of methoxy groups -OCH3 is 1. The Morgan fingerprint density at radius 1 is 1.21 bits per heavy atom. The molecule has 1 aliphatic rings. The molecule has 0 radical (unpaired) electrons. The van der Waals surface area contributed by atoms with Crippen LogP contribution in [0.2, 0.25) is 0 Å². The van der Waals surface area contributed by atoms with Gasteiger partial charge in [0.1, 0.15) is 0 Å². The van der Waals surface area contributed by atoms with Crippen molar-refractivity contribution in [3.05, 3.63) is 28.2 Å². The first-order chi connectivity index (χ1) is 13.1. The number of amides is 1. The lowest BCUT2D eigenvalue weighted by atomic mass is 9.96. The van der Waals surface area contributed by atoms with Crippen molar-refractivity contribution in [2.24, 2.45) is 11.8 Å². The molecule has 1 aromatic rings. The zero-order chi connectivity index (χ0) is 21.1. The van der Waals surface area contributed by atoms with Crippen LogP contribution in [0.3, 0.4) is 0 Å². The summed E-state index contributed by atoms with van der Waals surface area (Å²) in [7, 11) is -2.51. The van der Waals surface area contributed by atoms with E-state index in [1.54, 1.807) is 0 Å². The Labute approximate surface area is 175 Å². The van der Waals surface area contributed by atoms with Gasteiger partial charge in [-0.25, -0.2) is 13.2 Å². The molecule has 1 atom stereocenters. The Balaban J connectivity index is 2.09. The molecule has 2 rings (SSSR count). The molecule has 1 unspecified atom stereocenters. The standard InChI is InChI=1S/C19H27BrN2O5S/c1-12(2)13(3)21-18(23)14-7-9-22(10-8-14)28(25,26)15-5-6-17(20)16(11-15)19(24)27-4/h5-6,11-14H,7-10H2,1-4H3,(H,21,23). The van der Waals surface area contributed by atoms with E-state index in [1.165, 1.54) is 29.6 Å².